The zero-order valence-corrected chi connectivity index (χ0v) is 12.4. The normalized spacial score (nSPS) is 17.8. The fraction of sp³-hybridized carbons (Fsp3) is 0.625. The van der Waals surface area contributed by atoms with Gasteiger partial charge in [0.15, 0.2) is 0 Å². The van der Waals surface area contributed by atoms with Gasteiger partial charge < -0.3 is 15.3 Å². The summed E-state index contributed by atoms with van der Waals surface area (Å²) in [6.45, 7) is 6.34. The van der Waals surface area contributed by atoms with Crippen LogP contribution in [0.2, 0.25) is 0 Å². The van der Waals surface area contributed by atoms with Crippen LogP contribution in [0, 0.1) is 11.7 Å². The Bertz CT molecular complexity index is 436. The molecule has 1 unspecified atom stereocenters. The van der Waals surface area contributed by atoms with Crippen LogP contribution in [0.25, 0.3) is 0 Å². The number of benzene rings is 1. The summed E-state index contributed by atoms with van der Waals surface area (Å²) in [5.41, 5.74) is 0.305. The van der Waals surface area contributed by atoms with Crippen molar-refractivity contribution in [1.29, 1.82) is 0 Å². The molecule has 1 saturated carbocycles. The number of halogens is 1. The number of nitrogens with zero attached hydrogens (tertiary/aromatic N) is 1. The van der Waals surface area contributed by atoms with E-state index in [0.29, 0.717) is 18.2 Å². The summed E-state index contributed by atoms with van der Waals surface area (Å²) in [7, 11) is 0. The first-order valence-electron chi connectivity index (χ1n) is 7.52. The summed E-state index contributed by atoms with van der Waals surface area (Å²) in [4.78, 5) is 2.02. The van der Waals surface area contributed by atoms with Gasteiger partial charge in [-0.15, -0.1) is 0 Å². The molecule has 0 bridgehead atoms. The maximum atomic E-state index is 14.0. The van der Waals surface area contributed by atoms with E-state index in [9.17, 15) is 9.50 Å². The first-order valence-corrected chi connectivity index (χ1v) is 7.52. The van der Waals surface area contributed by atoms with Gasteiger partial charge >= 0.3 is 0 Å². The standard InChI is InChI=1S/C16H25FN2O/c1-3-18-16(12-20,13-9-10-13)11-19(4-2)15-8-6-5-7-14(15)17/h5-8,13,18,20H,3-4,9-12H2,1-2H3. The number of likely N-dealkylation sites (N-methyl/N-ethyl adjacent to an activating group) is 2. The third-order valence-corrected chi connectivity index (χ3v) is 4.22. The monoisotopic (exact) mass is 280 g/mol. The average molecular weight is 280 g/mol. The van der Waals surface area contributed by atoms with Gasteiger partial charge in [-0.3, -0.25) is 0 Å². The van der Waals surface area contributed by atoms with E-state index < -0.39 is 0 Å². The number of anilines is 1. The quantitative estimate of drug-likeness (QED) is 0.767. The van der Waals surface area contributed by atoms with Gasteiger partial charge in [-0.05, 0) is 44.4 Å². The van der Waals surface area contributed by atoms with Crippen LogP contribution in [0.1, 0.15) is 26.7 Å². The van der Waals surface area contributed by atoms with E-state index in [2.05, 4.69) is 5.32 Å². The van der Waals surface area contributed by atoms with Crippen molar-refractivity contribution in [3.63, 3.8) is 0 Å². The zero-order chi connectivity index (χ0) is 14.6. The number of hydrogen-bond donors (Lipinski definition) is 2. The number of nitrogens with one attached hydrogen (secondary N) is 1. The van der Waals surface area contributed by atoms with Crippen LogP contribution in [0.5, 0.6) is 0 Å². The largest absolute Gasteiger partial charge is 0.394 e. The highest BCUT2D eigenvalue weighted by Gasteiger charge is 2.45. The van der Waals surface area contributed by atoms with Gasteiger partial charge in [0.05, 0.1) is 17.8 Å². The summed E-state index contributed by atoms with van der Waals surface area (Å²) in [5.74, 6) is 0.293. The third-order valence-electron chi connectivity index (χ3n) is 4.22. The van der Waals surface area contributed by atoms with E-state index in [4.69, 9.17) is 0 Å². The minimum absolute atomic E-state index is 0.0937. The second kappa shape index (κ2) is 6.55. The van der Waals surface area contributed by atoms with Crippen molar-refractivity contribution >= 4 is 5.69 Å². The molecule has 0 saturated heterocycles. The fourth-order valence-electron chi connectivity index (χ4n) is 2.97. The SMILES string of the molecule is CCNC(CO)(CN(CC)c1ccccc1F)C1CC1. The molecule has 2 rings (SSSR count). The van der Waals surface area contributed by atoms with E-state index in [1.165, 1.54) is 6.07 Å². The topological polar surface area (TPSA) is 35.5 Å². The molecular weight excluding hydrogens is 255 g/mol. The van der Waals surface area contributed by atoms with E-state index in [1.54, 1.807) is 12.1 Å². The highest BCUT2D eigenvalue weighted by molar-refractivity contribution is 5.48. The number of rotatable bonds is 8. The summed E-state index contributed by atoms with van der Waals surface area (Å²) in [5, 5.41) is 13.3. The molecule has 1 aliphatic rings. The lowest BCUT2D eigenvalue weighted by atomic mass is 9.92. The van der Waals surface area contributed by atoms with Crippen molar-refractivity contribution in [2.45, 2.75) is 32.2 Å². The molecule has 1 atom stereocenters. The molecule has 1 aromatic carbocycles. The Hall–Kier alpha value is -1.13. The molecule has 0 aromatic heterocycles. The third kappa shape index (κ3) is 3.13. The predicted molar refractivity (Wildman–Crippen MR) is 80.5 cm³/mol. The van der Waals surface area contributed by atoms with Crippen LogP contribution < -0.4 is 10.2 Å². The number of para-hydroxylation sites is 1. The van der Waals surface area contributed by atoms with Crippen molar-refractivity contribution in [2.75, 3.05) is 31.1 Å². The molecule has 0 radical (unpaired) electrons. The van der Waals surface area contributed by atoms with Crippen LogP contribution in [0.15, 0.2) is 24.3 Å². The van der Waals surface area contributed by atoms with Crippen molar-refractivity contribution in [3.8, 4) is 0 Å². The fourth-order valence-corrected chi connectivity index (χ4v) is 2.97. The summed E-state index contributed by atoms with van der Waals surface area (Å²) >= 11 is 0. The number of aliphatic hydroxyl groups is 1. The Labute approximate surface area is 120 Å². The van der Waals surface area contributed by atoms with Crippen molar-refractivity contribution in [3.05, 3.63) is 30.1 Å². The summed E-state index contributed by atoms with van der Waals surface area (Å²) in [6, 6.07) is 6.85. The van der Waals surface area contributed by atoms with E-state index >= 15 is 0 Å². The lowest BCUT2D eigenvalue weighted by Gasteiger charge is -2.39. The smallest absolute Gasteiger partial charge is 0.146 e. The predicted octanol–water partition coefficient (Wildman–Crippen LogP) is 2.40. The Morgan fingerprint density at radius 3 is 2.55 bits per heavy atom. The minimum atomic E-state index is -0.312. The maximum Gasteiger partial charge on any atom is 0.146 e. The second-order valence-electron chi connectivity index (χ2n) is 5.58. The molecule has 0 amide bonds. The Kier molecular flexibility index (Phi) is 5.00. The zero-order valence-electron chi connectivity index (χ0n) is 12.4. The Morgan fingerprint density at radius 2 is 2.05 bits per heavy atom. The van der Waals surface area contributed by atoms with E-state index in [-0.39, 0.29) is 18.0 Å². The van der Waals surface area contributed by atoms with Crippen LogP contribution in [-0.4, -0.2) is 36.9 Å². The van der Waals surface area contributed by atoms with Crippen molar-refractivity contribution in [2.24, 2.45) is 5.92 Å². The van der Waals surface area contributed by atoms with E-state index in [1.807, 2.05) is 24.8 Å². The van der Waals surface area contributed by atoms with Gasteiger partial charge in [-0.2, -0.15) is 0 Å². The minimum Gasteiger partial charge on any atom is -0.394 e. The van der Waals surface area contributed by atoms with E-state index in [0.717, 1.165) is 25.9 Å². The molecule has 0 spiro atoms. The van der Waals surface area contributed by atoms with Crippen LogP contribution in [0.3, 0.4) is 0 Å². The lowest BCUT2D eigenvalue weighted by molar-refractivity contribution is 0.145. The van der Waals surface area contributed by atoms with Gasteiger partial charge in [0, 0.05) is 13.1 Å². The van der Waals surface area contributed by atoms with Gasteiger partial charge in [-0.25, -0.2) is 4.39 Å². The summed E-state index contributed by atoms with van der Waals surface area (Å²) in [6.07, 6.45) is 2.28. The van der Waals surface area contributed by atoms with Crippen LogP contribution in [-0.2, 0) is 0 Å². The Morgan fingerprint density at radius 1 is 1.35 bits per heavy atom. The molecule has 4 heteroatoms. The lowest BCUT2D eigenvalue weighted by Crippen LogP contribution is -2.58. The van der Waals surface area contributed by atoms with Gasteiger partial charge in [-0.1, -0.05) is 19.1 Å². The highest BCUT2D eigenvalue weighted by Crippen LogP contribution is 2.40. The first kappa shape index (κ1) is 15.3. The van der Waals surface area contributed by atoms with Gasteiger partial charge in [0.1, 0.15) is 5.82 Å². The molecule has 1 fully saturated rings. The number of aliphatic hydroxyl groups excluding tert-OH is 1. The van der Waals surface area contributed by atoms with Crippen molar-refractivity contribution < 1.29 is 9.50 Å². The maximum absolute atomic E-state index is 14.0. The highest BCUT2D eigenvalue weighted by atomic mass is 19.1. The molecular formula is C16H25FN2O. The molecule has 1 aromatic rings. The second-order valence-corrected chi connectivity index (χ2v) is 5.58. The molecule has 1 aliphatic carbocycles. The molecule has 2 N–H and O–H groups in total. The molecule has 0 heterocycles. The summed E-state index contributed by atoms with van der Waals surface area (Å²) < 4.78 is 14.0. The van der Waals surface area contributed by atoms with Gasteiger partial charge in [0.25, 0.3) is 0 Å². The molecule has 3 nitrogen and oxygen atoms in total. The van der Waals surface area contributed by atoms with Crippen LogP contribution >= 0.6 is 0 Å². The van der Waals surface area contributed by atoms with Gasteiger partial charge in [0.2, 0.25) is 0 Å². The average Bonchev–Trinajstić information content (AvgIpc) is 3.29. The molecule has 112 valence electrons. The first-order chi connectivity index (χ1) is 9.66. The number of hydrogen-bond acceptors (Lipinski definition) is 3. The molecule has 20 heavy (non-hydrogen) atoms. The van der Waals surface area contributed by atoms with Crippen molar-refractivity contribution in [1.82, 2.24) is 5.32 Å². The van der Waals surface area contributed by atoms with Crippen LogP contribution in [0.4, 0.5) is 10.1 Å². The Balaban J connectivity index is 2.21. The molecule has 0 aliphatic heterocycles.